The fraction of sp³-hybridized carbons (Fsp3) is 0.333. The number of rotatable bonds is 9. The van der Waals surface area contributed by atoms with Crippen LogP contribution in [0.2, 0.25) is 0 Å². The van der Waals surface area contributed by atoms with Gasteiger partial charge in [-0.1, -0.05) is 60.7 Å². The van der Waals surface area contributed by atoms with Crippen molar-refractivity contribution in [2.45, 2.75) is 38.0 Å². The van der Waals surface area contributed by atoms with Crippen molar-refractivity contribution >= 4 is 28.2 Å². The first-order valence-corrected chi connectivity index (χ1v) is 12.3. The van der Waals surface area contributed by atoms with E-state index in [1.54, 1.807) is 18.4 Å². The van der Waals surface area contributed by atoms with Gasteiger partial charge in [-0.3, -0.25) is 9.59 Å². The molecule has 0 fully saturated rings. The van der Waals surface area contributed by atoms with E-state index in [2.05, 4.69) is 10.6 Å². The van der Waals surface area contributed by atoms with Gasteiger partial charge in [0.05, 0.1) is 11.5 Å². The summed E-state index contributed by atoms with van der Waals surface area (Å²) in [5.41, 5.74) is 3.59. The van der Waals surface area contributed by atoms with Crippen LogP contribution in [0.3, 0.4) is 0 Å². The molecule has 0 saturated carbocycles. The van der Waals surface area contributed by atoms with Gasteiger partial charge in [0, 0.05) is 25.1 Å². The monoisotopic (exact) mass is 462 g/mol. The van der Waals surface area contributed by atoms with E-state index in [1.807, 2.05) is 60.7 Å². The Morgan fingerprint density at radius 3 is 2.24 bits per heavy atom. The largest absolute Gasteiger partial charge is 0.385 e. The molecule has 0 atom stereocenters. The number of amides is 2. The Kier molecular flexibility index (Phi) is 7.92. The molecule has 0 saturated heterocycles. The van der Waals surface area contributed by atoms with Crippen molar-refractivity contribution in [1.82, 2.24) is 5.32 Å². The predicted octanol–water partition coefficient (Wildman–Crippen LogP) is 5.16. The Balaban J connectivity index is 1.63. The van der Waals surface area contributed by atoms with Crippen LogP contribution in [0.5, 0.6) is 0 Å². The maximum atomic E-state index is 13.6. The Hall–Kier alpha value is -2.96. The van der Waals surface area contributed by atoms with Gasteiger partial charge >= 0.3 is 0 Å². The number of anilines is 1. The first-order chi connectivity index (χ1) is 16.2. The van der Waals surface area contributed by atoms with Gasteiger partial charge in [0.15, 0.2) is 0 Å². The zero-order chi connectivity index (χ0) is 23.0. The second-order valence-corrected chi connectivity index (χ2v) is 9.37. The fourth-order valence-electron chi connectivity index (χ4n) is 4.37. The third-order valence-corrected chi connectivity index (χ3v) is 7.18. The highest BCUT2D eigenvalue weighted by molar-refractivity contribution is 7.17. The molecule has 0 radical (unpaired) electrons. The topological polar surface area (TPSA) is 67.4 Å². The summed E-state index contributed by atoms with van der Waals surface area (Å²) in [5, 5.41) is 6.81. The SMILES string of the molecule is COCCCNC(=O)c1c(NC(=O)C(c2ccccc2)c2ccccc2)sc2c1CCCC2. The average molecular weight is 463 g/mol. The van der Waals surface area contributed by atoms with Crippen molar-refractivity contribution in [2.24, 2.45) is 0 Å². The molecule has 0 spiro atoms. The van der Waals surface area contributed by atoms with E-state index in [-0.39, 0.29) is 11.8 Å². The molecule has 2 amide bonds. The van der Waals surface area contributed by atoms with Crippen molar-refractivity contribution in [3.8, 4) is 0 Å². The molecule has 0 aliphatic heterocycles. The lowest BCUT2D eigenvalue weighted by atomic mass is 9.90. The molecule has 0 bridgehead atoms. The lowest BCUT2D eigenvalue weighted by Crippen LogP contribution is -2.28. The molecule has 33 heavy (non-hydrogen) atoms. The van der Waals surface area contributed by atoms with Crippen LogP contribution in [0.15, 0.2) is 60.7 Å². The lowest BCUT2D eigenvalue weighted by Gasteiger charge is -2.18. The molecule has 4 rings (SSSR count). The summed E-state index contributed by atoms with van der Waals surface area (Å²) < 4.78 is 5.09. The highest BCUT2D eigenvalue weighted by atomic mass is 32.1. The number of thiophene rings is 1. The van der Waals surface area contributed by atoms with Crippen LogP contribution in [0, 0.1) is 0 Å². The van der Waals surface area contributed by atoms with Crippen molar-refractivity contribution in [2.75, 3.05) is 25.6 Å². The minimum absolute atomic E-state index is 0.114. The number of nitrogens with one attached hydrogen (secondary N) is 2. The molecule has 1 aliphatic carbocycles. The first kappa shape index (κ1) is 23.2. The predicted molar refractivity (Wildman–Crippen MR) is 133 cm³/mol. The van der Waals surface area contributed by atoms with Crippen LogP contribution in [0.25, 0.3) is 0 Å². The summed E-state index contributed by atoms with van der Waals surface area (Å²) in [7, 11) is 1.65. The Morgan fingerprint density at radius 2 is 1.61 bits per heavy atom. The number of hydrogen-bond acceptors (Lipinski definition) is 4. The molecule has 1 aliphatic rings. The summed E-state index contributed by atoms with van der Waals surface area (Å²) in [6.07, 6.45) is 4.77. The molecule has 2 aromatic carbocycles. The minimum atomic E-state index is -0.454. The van der Waals surface area contributed by atoms with Gasteiger partial charge < -0.3 is 15.4 Å². The van der Waals surface area contributed by atoms with Gasteiger partial charge in [0.1, 0.15) is 5.00 Å². The van der Waals surface area contributed by atoms with E-state index in [0.29, 0.717) is 23.7 Å². The van der Waals surface area contributed by atoms with E-state index in [0.717, 1.165) is 48.8 Å². The van der Waals surface area contributed by atoms with Crippen molar-refractivity contribution in [1.29, 1.82) is 0 Å². The number of ether oxygens (including phenoxy) is 1. The summed E-state index contributed by atoms with van der Waals surface area (Å²) in [4.78, 5) is 28.0. The highest BCUT2D eigenvalue weighted by Crippen LogP contribution is 2.39. The Labute approximate surface area is 199 Å². The molecule has 0 unspecified atom stereocenters. The number of carbonyl (C=O) groups excluding carboxylic acids is 2. The van der Waals surface area contributed by atoms with E-state index in [4.69, 9.17) is 4.74 Å². The van der Waals surface area contributed by atoms with Crippen LogP contribution in [-0.4, -0.2) is 32.1 Å². The standard InChI is InChI=1S/C27H30N2O3S/c1-32-18-10-17-28-25(30)24-21-15-8-9-16-22(21)33-27(24)29-26(31)23(19-11-4-2-5-12-19)20-13-6-3-7-14-20/h2-7,11-14,23H,8-10,15-18H2,1H3,(H,28,30)(H,29,31). The number of fused-ring (bicyclic) bond motifs is 1. The second-order valence-electron chi connectivity index (χ2n) is 8.26. The molecular formula is C27H30N2O3S. The highest BCUT2D eigenvalue weighted by Gasteiger charge is 2.29. The fourth-order valence-corrected chi connectivity index (χ4v) is 5.66. The summed E-state index contributed by atoms with van der Waals surface area (Å²) in [5.74, 6) is -0.694. The molecule has 1 aromatic heterocycles. The third-order valence-electron chi connectivity index (χ3n) is 5.97. The van der Waals surface area contributed by atoms with Crippen LogP contribution >= 0.6 is 11.3 Å². The Bertz CT molecular complexity index is 1040. The van der Waals surface area contributed by atoms with E-state index in [9.17, 15) is 9.59 Å². The minimum Gasteiger partial charge on any atom is -0.385 e. The third kappa shape index (κ3) is 5.52. The second kappa shape index (κ2) is 11.3. The van der Waals surface area contributed by atoms with Crippen LogP contribution < -0.4 is 10.6 Å². The molecule has 1 heterocycles. The van der Waals surface area contributed by atoms with Crippen molar-refractivity contribution in [3.05, 3.63) is 87.8 Å². The van der Waals surface area contributed by atoms with Gasteiger partial charge in [0.2, 0.25) is 5.91 Å². The van der Waals surface area contributed by atoms with Gasteiger partial charge in [-0.2, -0.15) is 0 Å². The van der Waals surface area contributed by atoms with Crippen LogP contribution in [0.1, 0.15) is 57.1 Å². The van der Waals surface area contributed by atoms with Crippen LogP contribution in [0.4, 0.5) is 5.00 Å². The van der Waals surface area contributed by atoms with Crippen LogP contribution in [-0.2, 0) is 22.4 Å². The number of aryl methyl sites for hydroxylation is 1. The van der Waals surface area contributed by atoms with Crippen molar-refractivity contribution in [3.63, 3.8) is 0 Å². The van der Waals surface area contributed by atoms with E-state index >= 15 is 0 Å². The zero-order valence-electron chi connectivity index (χ0n) is 18.9. The number of benzene rings is 2. The van der Waals surface area contributed by atoms with Gasteiger partial charge in [0.25, 0.3) is 5.91 Å². The summed E-state index contributed by atoms with van der Waals surface area (Å²) >= 11 is 1.55. The van der Waals surface area contributed by atoms with Gasteiger partial charge in [-0.25, -0.2) is 0 Å². The number of hydrogen-bond donors (Lipinski definition) is 2. The molecule has 5 nitrogen and oxygen atoms in total. The lowest BCUT2D eigenvalue weighted by molar-refractivity contribution is -0.116. The molecule has 3 aromatic rings. The zero-order valence-corrected chi connectivity index (χ0v) is 19.8. The summed E-state index contributed by atoms with van der Waals surface area (Å²) in [6.45, 7) is 1.14. The maximum Gasteiger partial charge on any atom is 0.254 e. The number of methoxy groups -OCH3 is 1. The molecular weight excluding hydrogens is 432 g/mol. The quantitative estimate of drug-likeness (QED) is 0.432. The van der Waals surface area contributed by atoms with E-state index < -0.39 is 5.92 Å². The summed E-state index contributed by atoms with van der Waals surface area (Å²) in [6, 6.07) is 19.6. The first-order valence-electron chi connectivity index (χ1n) is 11.5. The Morgan fingerprint density at radius 1 is 0.970 bits per heavy atom. The van der Waals surface area contributed by atoms with E-state index in [1.165, 1.54) is 4.88 Å². The smallest absolute Gasteiger partial charge is 0.254 e. The number of carbonyl (C=O) groups is 2. The molecule has 172 valence electrons. The van der Waals surface area contributed by atoms with Gasteiger partial charge in [-0.05, 0) is 48.8 Å². The van der Waals surface area contributed by atoms with Gasteiger partial charge in [-0.15, -0.1) is 11.3 Å². The van der Waals surface area contributed by atoms with Crippen molar-refractivity contribution < 1.29 is 14.3 Å². The normalized spacial score (nSPS) is 12.9. The molecule has 6 heteroatoms. The average Bonchev–Trinajstić information content (AvgIpc) is 3.21. The maximum absolute atomic E-state index is 13.6. The molecule has 2 N–H and O–H groups in total.